The molecule has 0 aliphatic carbocycles. The van der Waals surface area contributed by atoms with Crippen LogP contribution in [-0.4, -0.2) is 19.7 Å². The molecule has 0 aromatic heterocycles. The van der Waals surface area contributed by atoms with Crippen molar-refractivity contribution in [3.63, 3.8) is 0 Å². The molecule has 0 spiro atoms. The summed E-state index contributed by atoms with van der Waals surface area (Å²) < 4.78 is 5.86. The summed E-state index contributed by atoms with van der Waals surface area (Å²) in [6.45, 7) is 11.4. The Hall–Kier alpha value is -1.02. The molecule has 0 radical (unpaired) electrons. The third-order valence-electron chi connectivity index (χ3n) is 3.51. The Labute approximate surface area is 118 Å². The SMILES string of the molecule is CCCCCCNCCOc1cc(C)cc(C)c1C. The topological polar surface area (TPSA) is 21.3 Å². The first-order valence-corrected chi connectivity index (χ1v) is 7.56. The largest absolute Gasteiger partial charge is 0.492 e. The first kappa shape index (κ1) is 16.0. The van der Waals surface area contributed by atoms with Crippen LogP contribution < -0.4 is 10.1 Å². The normalized spacial score (nSPS) is 10.7. The van der Waals surface area contributed by atoms with E-state index in [0.717, 1.165) is 25.4 Å². The third kappa shape index (κ3) is 6.11. The second-order valence-electron chi connectivity index (χ2n) is 5.36. The predicted octanol–water partition coefficient (Wildman–Crippen LogP) is 4.16. The van der Waals surface area contributed by atoms with Gasteiger partial charge in [-0.15, -0.1) is 0 Å². The van der Waals surface area contributed by atoms with E-state index >= 15 is 0 Å². The van der Waals surface area contributed by atoms with Crippen LogP contribution in [0.2, 0.25) is 0 Å². The lowest BCUT2D eigenvalue weighted by molar-refractivity contribution is 0.311. The molecule has 0 heterocycles. The van der Waals surface area contributed by atoms with E-state index in [9.17, 15) is 0 Å². The first-order chi connectivity index (χ1) is 9.15. The second kappa shape index (κ2) is 8.98. The van der Waals surface area contributed by atoms with Crippen LogP contribution in [0.5, 0.6) is 5.75 Å². The van der Waals surface area contributed by atoms with Gasteiger partial charge in [0, 0.05) is 6.54 Å². The molecule has 1 rings (SSSR count). The Balaban J connectivity index is 2.19. The first-order valence-electron chi connectivity index (χ1n) is 7.56. The molecule has 1 N–H and O–H groups in total. The highest BCUT2D eigenvalue weighted by atomic mass is 16.5. The Kier molecular flexibility index (Phi) is 7.57. The summed E-state index contributed by atoms with van der Waals surface area (Å²) in [5, 5.41) is 3.44. The summed E-state index contributed by atoms with van der Waals surface area (Å²) in [6.07, 6.45) is 5.26. The minimum absolute atomic E-state index is 0.748. The number of aryl methyl sites for hydroxylation is 2. The van der Waals surface area contributed by atoms with Gasteiger partial charge in [-0.1, -0.05) is 32.3 Å². The van der Waals surface area contributed by atoms with Crippen molar-refractivity contribution in [1.82, 2.24) is 5.32 Å². The highest BCUT2D eigenvalue weighted by Gasteiger charge is 2.03. The van der Waals surface area contributed by atoms with Crippen LogP contribution in [0, 0.1) is 20.8 Å². The molecule has 0 amide bonds. The lowest BCUT2D eigenvalue weighted by Crippen LogP contribution is -2.22. The summed E-state index contributed by atoms with van der Waals surface area (Å²) in [6, 6.07) is 4.33. The number of hydrogen-bond acceptors (Lipinski definition) is 2. The number of rotatable bonds is 9. The van der Waals surface area contributed by atoms with Gasteiger partial charge in [0.05, 0.1) is 0 Å². The van der Waals surface area contributed by atoms with Crippen LogP contribution in [0.3, 0.4) is 0 Å². The van der Waals surface area contributed by atoms with E-state index < -0.39 is 0 Å². The van der Waals surface area contributed by atoms with Crippen LogP contribution in [0.15, 0.2) is 12.1 Å². The molecule has 0 unspecified atom stereocenters. The highest BCUT2D eigenvalue weighted by molar-refractivity contribution is 5.41. The number of benzene rings is 1. The monoisotopic (exact) mass is 263 g/mol. The second-order valence-corrected chi connectivity index (χ2v) is 5.36. The molecule has 1 aromatic rings. The number of unbranched alkanes of at least 4 members (excludes halogenated alkanes) is 3. The van der Waals surface area contributed by atoms with Crippen molar-refractivity contribution in [3.8, 4) is 5.75 Å². The maximum absolute atomic E-state index is 5.86. The van der Waals surface area contributed by atoms with Crippen molar-refractivity contribution in [3.05, 3.63) is 28.8 Å². The number of nitrogens with one attached hydrogen (secondary N) is 1. The fourth-order valence-electron chi connectivity index (χ4n) is 2.19. The van der Waals surface area contributed by atoms with Crippen molar-refractivity contribution in [1.29, 1.82) is 0 Å². The zero-order chi connectivity index (χ0) is 14.1. The summed E-state index contributed by atoms with van der Waals surface area (Å²) in [5.74, 6) is 1.03. The van der Waals surface area contributed by atoms with Gasteiger partial charge in [0.15, 0.2) is 0 Å². The van der Waals surface area contributed by atoms with E-state index in [0.29, 0.717) is 0 Å². The molecule has 2 nitrogen and oxygen atoms in total. The smallest absolute Gasteiger partial charge is 0.122 e. The number of ether oxygens (including phenoxy) is 1. The van der Waals surface area contributed by atoms with Gasteiger partial charge < -0.3 is 10.1 Å². The molecular formula is C17H29NO. The Morgan fingerprint density at radius 3 is 2.53 bits per heavy atom. The van der Waals surface area contributed by atoms with Crippen LogP contribution >= 0.6 is 0 Å². The van der Waals surface area contributed by atoms with Crippen LogP contribution in [0.25, 0.3) is 0 Å². The van der Waals surface area contributed by atoms with Crippen molar-refractivity contribution in [2.75, 3.05) is 19.7 Å². The summed E-state index contributed by atoms with van der Waals surface area (Å²) >= 11 is 0. The van der Waals surface area contributed by atoms with E-state index in [2.05, 4.69) is 45.1 Å². The molecule has 1 aromatic carbocycles. The van der Waals surface area contributed by atoms with E-state index in [1.807, 2.05) is 0 Å². The summed E-state index contributed by atoms with van der Waals surface area (Å²) in [5.41, 5.74) is 3.83. The minimum atomic E-state index is 0.748. The van der Waals surface area contributed by atoms with Crippen molar-refractivity contribution < 1.29 is 4.74 Å². The molecule has 0 aliphatic heterocycles. The van der Waals surface area contributed by atoms with Gasteiger partial charge >= 0.3 is 0 Å². The van der Waals surface area contributed by atoms with E-state index in [4.69, 9.17) is 4.74 Å². The van der Waals surface area contributed by atoms with Crippen LogP contribution in [0.4, 0.5) is 0 Å². The molecule has 0 atom stereocenters. The zero-order valence-electron chi connectivity index (χ0n) is 13.0. The van der Waals surface area contributed by atoms with Crippen molar-refractivity contribution >= 4 is 0 Å². The van der Waals surface area contributed by atoms with Gasteiger partial charge in [0.1, 0.15) is 12.4 Å². The van der Waals surface area contributed by atoms with Crippen LogP contribution in [-0.2, 0) is 0 Å². The van der Waals surface area contributed by atoms with Gasteiger partial charge in [-0.3, -0.25) is 0 Å². The maximum Gasteiger partial charge on any atom is 0.122 e. The van der Waals surface area contributed by atoms with Gasteiger partial charge in [0.25, 0.3) is 0 Å². The molecule has 108 valence electrons. The van der Waals surface area contributed by atoms with Gasteiger partial charge in [-0.2, -0.15) is 0 Å². The summed E-state index contributed by atoms with van der Waals surface area (Å²) in [7, 11) is 0. The molecule has 0 saturated heterocycles. The Bertz CT molecular complexity index is 374. The fourth-order valence-corrected chi connectivity index (χ4v) is 2.19. The van der Waals surface area contributed by atoms with Crippen molar-refractivity contribution in [2.45, 2.75) is 53.4 Å². The molecule has 19 heavy (non-hydrogen) atoms. The maximum atomic E-state index is 5.86. The van der Waals surface area contributed by atoms with Crippen molar-refractivity contribution in [2.24, 2.45) is 0 Å². The molecule has 0 bridgehead atoms. The van der Waals surface area contributed by atoms with Crippen LogP contribution in [0.1, 0.15) is 49.3 Å². The lowest BCUT2D eigenvalue weighted by atomic mass is 10.1. The van der Waals surface area contributed by atoms with Gasteiger partial charge in [0.2, 0.25) is 0 Å². The fraction of sp³-hybridized carbons (Fsp3) is 0.647. The molecule has 2 heteroatoms. The predicted molar refractivity (Wildman–Crippen MR) is 83.2 cm³/mol. The number of hydrogen-bond donors (Lipinski definition) is 1. The average Bonchev–Trinajstić information content (AvgIpc) is 2.38. The third-order valence-corrected chi connectivity index (χ3v) is 3.51. The minimum Gasteiger partial charge on any atom is -0.492 e. The zero-order valence-corrected chi connectivity index (χ0v) is 13.0. The summed E-state index contributed by atoms with van der Waals surface area (Å²) in [4.78, 5) is 0. The Morgan fingerprint density at radius 2 is 1.79 bits per heavy atom. The average molecular weight is 263 g/mol. The van der Waals surface area contributed by atoms with E-state index in [1.165, 1.54) is 42.4 Å². The van der Waals surface area contributed by atoms with Gasteiger partial charge in [-0.05, 0) is 56.5 Å². The lowest BCUT2D eigenvalue weighted by Gasteiger charge is -2.12. The molecule has 0 saturated carbocycles. The van der Waals surface area contributed by atoms with Gasteiger partial charge in [-0.25, -0.2) is 0 Å². The molecule has 0 aliphatic rings. The Morgan fingerprint density at radius 1 is 1.00 bits per heavy atom. The molecular weight excluding hydrogens is 234 g/mol. The quantitative estimate of drug-likeness (QED) is 0.675. The van der Waals surface area contributed by atoms with E-state index in [1.54, 1.807) is 0 Å². The van der Waals surface area contributed by atoms with E-state index in [-0.39, 0.29) is 0 Å². The highest BCUT2D eigenvalue weighted by Crippen LogP contribution is 2.22. The molecule has 0 fully saturated rings. The standard InChI is InChI=1S/C17H29NO/c1-5-6-7-8-9-18-10-11-19-17-13-14(2)12-15(3)16(17)4/h12-13,18H,5-11H2,1-4H3.